The molecule has 8 aromatic carbocycles. The van der Waals surface area contributed by atoms with Gasteiger partial charge >= 0.3 is 0 Å². The van der Waals surface area contributed by atoms with Gasteiger partial charge in [0, 0.05) is 41.0 Å². The van der Waals surface area contributed by atoms with E-state index in [1.54, 1.807) is 0 Å². The fourth-order valence-corrected chi connectivity index (χ4v) is 10.6. The van der Waals surface area contributed by atoms with E-state index in [2.05, 4.69) is 133 Å². The van der Waals surface area contributed by atoms with Gasteiger partial charge in [0.25, 0.3) is 0 Å². The highest BCUT2D eigenvalue weighted by Crippen LogP contribution is 2.48. The Hall–Kier alpha value is -5.94. The first-order chi connectivity index (χ1) is 24.8. The molecule has 0 bridgehead atoms. The maximum Gasteiger partial charge on any atom is 0.147 e. The second-order valence-electron chi connectivity index (χ2n) is 13.2. The van der Waals surface area contributed by atoms with E-state index >= 15 is 0 Å². The third kappa shape index (κ3) is 3.56. The van der Waals surface area contributed by atoms with Crippen LogP contribution in [0.2, 0.25) is 0 Å². The minimum atomic E-state index is 0.846. The maximum absolute atomic E-state index is 6.59. The van der Waals surface area contributed by atoms with Crippen LogP contribution in [0.5, 0.6) is 0 Å². The molecule has 2 nitrogen and oxygen atoms in total. The fraction of sp³-hybridized carbons (Fsp3) is 0. The van der Waals surface area contributed by atoms with Crippen LogP contribution in [-0.2, 0) is 0 Å². The molecule has 50 heavy (non-hydrogen) atoms. The predicted octanol–water partition coefficient (Wildman–Crippen LogP) is 14.7. The van der Waals surface area contributed by atoms with E-state index in [0.717, 1.165) is 43.9 Å². The van der Waals surface area contributed by atoms with E-state index in [1.807, 2.05) is 34.8 Å². The zero-order valence-corrected chi connectivity index (χ0v) is 28.1. The molecular formula is C46H24O2S2. The Morgan fingerprint density at radius 2 is 1.04 bits per heavy atom. The summed E-state index contributed by atoms with van der Waals surface area (Å²) in [6.07, 6.45) is 0. The van der Waals surface area contributed by atoms with Crippen LogP contribution in [0.1, 0.15) is 0 Å². The molecule has 12 aromatic rings. The van der Waals surface area contributed by atoms with Gasteiger partial charge < -0.3 is 8.83 Å². The Morgan fingerprint density at radius 1 is 0.400 bits per heavy atom. The van der Waals surface area contributed by atoms with E-state index in [9.17, 15) is 0 Å². The van der Waals surface area contributed by atoms with Crippen LogP contribution in [0.4, 0.5) is 0 Å². The molecule has 0 aliphatic heterocycles. The summed E-state index contributed by atoms with van der Waals surface area (Å²) in [4.78, 5) is 0. The minimum absolute atomic E-state index is 0.846. The summed E-state index contributed by atoms with van der Waals surface area (Å²) in [5.74, 6) is 0. The van der Waals surface area contributed by atoms with Gasteiger partial charge in [-0.3, -0.25) is 0 Å². The van der Waals surface area contributed by atoms with Crippen LogP contribution >= 0.6 is 22.7 Å². The van der Waals surface area contributed by atoms with Gasteiger partial charge in [-0.05, 0) is 103 Å². The molecule has 0 N–H and O–H groups in total. The van der Waals surface area contributed by atoms with E-state index in [0.29, 0.717) is 0 Å². The van der Waals surface area contributed by atoms with E-state index in [4.69, 9.17) is 8.83 Å². The Kier molecular flexibility index (Phi) is 5.29. The maximum atomic E-state index is 6.59. The highest BCUT2D eigenvalue weighted by atomic mass is 32.1. The van der Waals surface area contributed by atoms with Gasteiger partial charge in [-0.1, -0.05) is 91.0 Å². The molecular weight excluding hydrogens is 649 g/mol. The first-order valence-corrected chi connectivity index (χ1v) is 18.5. The largest absolute Gasteiger partial charge is 0.456 e. The lowest BCUT2D eigenvalue weighted by Gasteiger charge is -2.18. The summed E-state index contributed by atoms with van der Waals surface area (Å²) in [6, 6.07) is 50.8. The molecule has 0 saturated heterocycles. The third-order valence-corrected chi connectivity index (χ3v) is 12.6. The van der Waals surface area contributed by atoms with Crippen LogP contribution in [0.25, 0.3) is 118 Å². The molecule has 4 heterocycles. The smallest absolute Gasteiger partial charge is 0.147 e. The molecule has 0 aliphatic rings. The van der Waals surface area contributed by atoms with Crippen LogP contribution in [0.3, 0.4) is 0 Å². The van der Waals surface area contributed by atoms with Crippen LogP contribution in [-0.4, -0.2) is 0 Å². The van der Waals surface area contributed by atoms with Crippen molar-refractivity contribution in [3.05, 3.63) is 145 Å². The highest BCUT2D eigenvalue weighted by Gasteiger charge is 2.20. The molecule has 4 heteroatoms. The standard InChI is InChI=1S/C46H24O2S2/c1-3-9-30-28(7-1)41(26-14-18-37-35(23-26)32-17-19-38-43(45(32)48-37)33-11-5-6-12-36(33)47-38)29-8-2-4-10-31(29)42(30)27-13-16-34-40(24-27)50-39-20-15-25-21-22-49-46(25)44(34)39/h1-24H. The lowest BCUT2D eigenvalue weighted by molar-refractivity contribution is 0.663. The number of rotatable bonds is 2. The normalized spacial score (nSPS) is 12.4. The third-order valence-electron chi connectivity index (χ3n) is 10.5. The van der Waals surface area contributed by atoms with Gasteiger partial charge in [-0.25, -0.2) is 0 Å². The number of hydrogen-bond acceptors (Lipinski definition) is 4. The van der Waals surface area contributed by atoms with E-state index in [-0.39, 0.29) is 0 Å². The van der Waals surface area contributed by atoms with E-state index in [1.165, 1.54) is 74.1 Å². The summed E-state index contributed by atoms with van der Waals surface area (Å²) in [5.41, 5.74) is 8.43. The fourth-order valence-electron chi connectivity index (χ4n) is 8.39. The number of furan rings is 2. The molecule has 4 aromatic heterocycles. The SMILES string of the molecule is c1ccc2c(c1)oc1ccc3c4cc(-c5c6ccccc6c(-c6ccc7c(c6)sc6ccc8ccsc8c67)c6ccccc56)ccc4oc3c12. The van der Waals surface area contributed by atoms with Crippen molar-refractivity contribution in [2.24, 2.45) is 0 Å². The number of hydrogen-bond donors (Lipinski definition) is 0. The molecule has 12 rings (SSSR count). The summed E-state index contributed by atoms with van der Waals surface area (Å²) in [7, 11) is 0. The second kappa shape index (κ2) is 9.82. The van der Waals surface area contributed by atoms with Crippen molar-refractivity contribution in [3.8, 4) is 22.3 Å². The monoisotopic (exact) mass is 672 g/mol. The van der Waals surface area contributed by atoms with Gasteiger partial charge in [-0.2, -0.15) is 0 Å². The molecule has 0 unspecified atom stereocenters. The summed E-state index contributed by atoms with van der Waals surface area (Å²) < 4.78 is 16.8. The number of benzene rings is 8. The van der Waals surface area contributed by atoms with E-state index < -0.39 is 0 Å². The molecule has 0 saturated carbocycles. The van der Waals surface area contributed by atoms with Crippen LogP contribution in [0, 0.1) is 0 Å². The average Bonchev–Trinajstić information content (AvgIpc) is 3.95. The van der Waals surface area contributed by atoms with Gasteiger partial charge in [0.2, 0.25) is 0 Å². The zero-order chi connectivity index (χ0) is 32.5. The molecule has 0 radical (unpaired) electrons. The van der Waals surface area contributed by atoms with Crippen molar-refractivity contribution >= 4 is 118 Å². The lowest BCUT2D eigenvalue weighted by Crippen LogP contribution is -1.90. The Balaban J connectivity index is 1.12. The van der Waals surface area contributed by atoms with Crippen LogP contribution < -0.4 is 0 Å². The molecule has 0 fully saturated rings. The molecule has 0 atom stereocenters. The molecule has 0 spiro atoms. The summed E-state index contributed by atoms with van der Waals surface area (Å²) >= 11 is 3.74. The Morgan fingerprint density at radius 3 is 1.82 bits per heavy atom. The minimum Gasteiger partial charge on any atom is -0.456 e. The quantitative estimate of drug-likeness (QED) is 0.171. The molecule has 0 aliphatic carbocycles. The van der Waals surface area contributed by atoms with Crippen molar-refractivity contribution in [2.75, 3.05) is 0 Å². The number of para-hydroxylation sites is 1. The zero-order valence-electron chi connectivity index (χ0n) is 26.5. The first kappa shape index (κ1) is 26.9. The number of thiophene rings is 2. The average molecular weight is 673 g/mol. The molecule has 232 valence electrons. The predicted molar refractivity (Wildman–Crippen MR) is 215 cm³/mol. The van der Waals surface area contributed by atoms with Gasteiger partial charge in [0.05, 0.1) is 5.39 Å². The van der Waals surface area contributed by atoms with Crippen molar-refractivity contribution < 1.29 is 8.83 Å². The molecule has 0 amide bonds. The number of fused-ring (bicyclic) bond motifs is 14. The van der Waals surface area contributed by atoms with Crippen LogP contribution in [0.15, 0.2) is 154 Å². The van der Waals surface area contributed by atoms with Gasteiger partial charge in [0.15, 0.2) is 0 Å². The Bertz CT molecular complexity index is 3330. The summed E-state index contributed by atoms with van der Waals surface area (Å²) in [5, 5.41) is 15.6. The second-order valence-corrected chi connectivity index (χ2v) is 15.2. The first-order valence-electron chi connectivity index (χ1n) is 16.8. The summed E-state index contributed by atoms with van der Waals surface area (Å²) in [6.45, 7) is 0. The van der Waals surface area contributed by atoms with Crippen molar-refractivity contribution in [2.45, 2.75) is 0 Å². The van der Waals surface area contributed by atoms with Gasteiger partial charge in [0.1, 0.15) is 22.3 Å². The highest BCUT2D eigenvalue weighted by molar-refractivity contribution is 7.27. The lowest BCUT2D eigenvalue weighted by atomic mass is 9.85. The Labute approximate surface area is 293 Å². The van der Waals surface area contributed by atoms with Crippen molar-refractivity contribution in [1.29, 1.82) is 0 Å². The van der Waals surface area contributed by atoms with Crippen molar-refractivity contribution in [1.82, 2.24) is 0 Å². The van der Waals surface area contributed by atoms with Gasteiger partial charge in [-0.15, -0.1) is 22.7 Å². The topological polar surface area (TPSA) is 26.3 Å². The van der Waals surface area contributed by atoms with Crippen molar-refractivity contribution in [3.63, 3.8) is 0 Å².